The molecule has 7 nitrogen and oxygen atoms in total. The Morgan fingerprint density at radius 3 is 2.60 bits per heavy atom. The number of thioether (sulfide) groups is 2. The Morgan fingerprint density at radius 2 is 1.96 bits per heavy atom. The molecule has 132 valence electrons. The predicted octanol–water partition coefficient (Wildman–Crippen LogP) is 1.33. The topological polar surface area (TPSA) is 86.8 Å². The van der Waals surface area contributed by atoms with E-state index in [1.807, 2.05) is 40.9 Å². The van der Waals surface area contributed by atoms with E-state index in [1.54, 1.807) is 0 Å². The first kappa shape index (κ1) is 18.2. The van der Waals surface area contributed by atoms with E-state index in [4.69, 9.17) is 12.2 Å². The maximum atomic E-state index is 12.7. The Bertz CT molecular complexity index is 926. The molecule has 3 rings (SSSR count). The van der Waals surface area contributed by atoms with Gasteiger partial charge in [0.05, 0.1) is 17.0 Å². The van der Waals surface area contributed by atoms with Crippen LogP contribution in [-0.2, 0) is 19.6 Å². The number of anilines is 1. The molecule has 0 atom stereocenters. The van der Waals surface area contributed by atoms with Crippen molar-refractivity contribution in [3.8, 4) is 0 Å². The summed E-state index contributed by atoms with van der Waals surface area (Å²) in [6.45, 7) is -0.435. The number of para-hydroxylation sites is 1. The summed E-state index contributed by atoms with van der Waals surface area (Å²) in [6, 6.07) is 7.75. The van der Waals surface area contributed by atoms with Crippen LogP contribution in [-0.4, -0.2) is 49.3 Å². The van der Waals surface area contributed by atoms with Gasteiger partial charge in [0, 0.05) is 11.9 Å². The molecule has 0 spiro atoms. The number of sulfonamides is 1. The van der Waals surface area contributed by atoms with Crippen LogP contribution >= 0.6 is 35.7 Å². The lowest BCUT2D eigenvalue weighted by Gasteiger charge is -2.15. The molecule has 25 heavy (non-hydrogen) atoms. The number of amides is 2. The van der Waals surface area contributed by atoms with Crippen LogP contribution in [0.15, 0.2) is 39.1 Å². The van der Waals surface area contributed by atoms with Crippen molar-refractivity contribution in [3.05, 3.63) is 34.2 Å². The summed E-state index contributed by atoms with van der Waals surface area (Å²) < 4.78 is 24.3. The summed E-state index contributed by atoms with van der Waals surface area (Å²) in [4.78, 5) is 29.0. The van der Waals surface area contributed by atoms with Gasteiger partial charge < -0.3 is 4.90 Å². The summed E-state index contributed by atoms with van der Waals surface area (Å²) in [5.74, 6) is -1.21. The third-order valence-electron chi connectivity index (χ3n) is 3.38. The average molecular weight is 416 g/mol. The van der Waals surface area contributed by atoms with Crippen molar-refractivity contribution in [3.63, 3.8) is 0 Å². The normalized spacial score (nSPS) is 20.2. The Kier molecular flexibility index (Phi) is 4.84. The molecule has 1 aromatic rings. The van der Waals surface area contributed by atoms with Gasteiger partial charge >= 0.3 is 0 Å². The molecule has 0 bridgehead atoms. The monoisotopic (exact) mass is 415 g/mol. The fraction of sp³-hybridized carbons (Fsp3) is 0.214. The molecule has 1 N–H and O–H groups in total. The molecular weight excluding hydrogens is 402 g/mol. The highest BCUT2D eigenvalue weighted by molar-refractivity contribution is 8.27. The third-order valence-corrected chi connectivity index (χ3v) is 6.78. The van der Waals surface area contributed by atoms with Crippen LogP contribution < -0.4 is 9.62 Å². The first-order valence-corrected chi connectivity index (χ1v) is 10.9. The maximum absolute atomic E-state index is 12.7. The van der Waals surface area contributed by atoms with E-state index in [0.717, 1.165) is 38.5 Å². The quantitative estimate of drug-likeness (QED) is 0.585. The predicted molar refractivity (Wildman–Crippen MR) is 103 cm³/mol. The zero-order valence-corrected chi connectivity index (χ0v) is 16.4. The molecule has 1 fully saturated rings. The number of nitrogens with one attached hydrogen (secondary N) is 1. The van der Waals surface area contributed by atoms with Gasteiger partial charge in [-0.25, -0.2) is 8.42 Å². The van der Waals surface area contributed by atoms with Crippen molar-refractivity contribution < 1.29 is 18.0 Å². The molecule has 1 saturated heterocycles. The lowest BCUT2D eigenvalue weighted by atomic mass is 10.3. The summed E-state index contributed by atoms with van der Waals surface area (Å²) >= 11 is 7.76. The van der Waals surface area contributed by atoms with Gasteiger partial charge in [-0.15, -0.1) is 0 Å². The molecular formula is C14H13N3O4S4. The highest BCUT2D eigenvalue weighted by Crippen LogP contribution is 2.49. The zero-order valence-electron chi connectivity index (χ0n) is 13.2. The summed E-state index contributed by atoms with van der Waals surface area (Å²) in [7, 11) is -1.83. The second kappa shape index (κ2) is 6.63. The summed E-state index contributed by atoms with van der Waals surface area (Å²) in [5, 5.41) is 0.740. The van der Waals surface area contributed by atoms with Gasteiger partial charge in [0.15, 0.2) is 0 Å². The number of fused-ring (bicyclic) bond motifs is 1. The number of carbonyl (C=O) groups excluding carboxylic acids is 2. The van der Waals surface area contributed by atoms with Crippen LogP contribution in [0.4, 0.5) is 5.69 Å². The van der Waals surface area contributed by atoms with Gasteiger partial charge in [0.2, 0.25) is 10.0 Å². The van der Waals surface area contributed by atoms with Gasteiger partial charge in [0.1, 0.15) is 15.8 Å². The summed E-state index contributed by atoms with van der Waals surface area (Å²) in [6.07, 6.45) is 0.874. The maximum Gasteiger partial charge on any atom is 0.269 e. The van der Waals surface area contributed by atoms with Gasteiger partial charge in [-0.1, -0.05) is 47.9 Å². The number of carbonyl (C=O) groups is 2. The van der Waals surface area contributed by atoms with Gasteiger partial charge in [0.25, 0.3) is 11.8 Å². The molecule has 2 aliphatic rings. The van der Waals surface area contributed by atoms with E-state index in [2.05, 4.69) is 0 Å². The number of hydrogen-bond donors (Lipinski definition) is 1. The SMILES string of the molecule is CN1C(=C2SC(=S)N(CC(=O)NS(C)(=O)=O)C2=O)Sc2ccccc21. The number of hydrogen-bond acceptors (Lipinski definition) is 8. The van der Waals surface area contributed by atoms with Crippen LogP contribution in [0.5, 0.6) is 0 Å². The van der Waals surface area contributed by atoms with Gasteiger partial charge in [-0.3, -0.25) is 19.2 Å². The molecule has 0 radical (unpaired) electrons. The smallest absolute Gasteiger partial charge is 0.269 e. The van der Waals surface area contributed by atoms with E-state index < -0.39 is 28.4 Å². The molecule has 11 heteroatoms. The van der Waals surface area contributed by atoms with Crippen LogP contribution in [0.25, 0.3) is 0 Å². The second-order valence-electron chi connectivity index (χ2n) is 5.32. The Morgan fingerprint density at radius 1 is 1.28 bits per heavy atom. The molecule has 2 amide bonds. The first-order chi connectivity index (χ1) is 11.7. The van der Waals surface area contributed by atoms with Crippen molar-refractivity contribution in [2.45, 2.75) is 4.90 Å². The Labute approximate surface area is 158 Å². The first-order valence-electron chi connectivity index (χ1n) is 6.96. The average Bonchev–Trinajstić information content (AvgIpc) is 2.98. The fourth-order valence-electron chi connectivity index (χ4n) is 2.35. The minimum absolute atomic E-state index is 0.223. The molecule has 0 saturated carbocycles. The lowest BCUT2D eigenvalue weighted by Crippen LogP contribution is -2.41. The number of rotatable bonds is 3. The lowest BCUT2D eigenvalue weighted by molar-refractivity contribution is -0.127. The molecule has 0 aromatic heterocycles. The highest BCUT2D eigenvalue weighted by Gasteiger charge is 2.39. The van der Waals surface area contributed by atoms with Crippen molar-refractivity contribution >= 4 is 67.6 Å². The van der Waals surface area contributed by atoms with E-state index in [1.165, 1.54) is 11.8 Å². The van der Waals surface area contributed by atoms with E-state index in [-0.39, 0.29) is 4.32 Å². The van der Waals surface area contributed by atoms with Crippen LogP contribution in [0, 0.1) is 0 Å². The minimum atomic E-state index is -3.69. The van der Waals surface area contributed by atoms with Gasteiger partial charge in [-0.05, 0) is 12.1 Å². The standard InChI is InChI=1S/C14H13N3O4S4/c1-16-8-5-3-4-6-9(8)23-13(16)11-12(19)17(14(22)24-11)7-10(18)15-25(2,20)21/h3-6H,7H2,1-2H3,(H,15,18). The molecule has 2 heterocycles. The highest BCUT2D eigenvalue weighted by atomic mass is 32.2. The fourth-order valence-corrected chi connectivity index (χ4v) is 5.41. The van der Waals surface area contributed by atoms with Crippen molar-refractivity contribution in [2.24, 2.45) is 0 Å². The number of benzene rings is 1. The van der Waals surface area contributed by atoms with Crippen molar-refractivity contribution in [2.75, 3.05) is 24.7 Å². The summed E-state index contributed by atoms with van der Waals surface area (Å²) in [5.41, 5.74) is 0.989. The largest absolute Gasteiger partial charge is 0.337 e. The van der Waals surface area contributed by atoms with Gasteiger partial charge in [-0.2, -0.15) is 0 Å². The number of nitrogens with zero attached hydrogens (tertiary/aromatic N) is 2. The molecule has 1 aromatic carbocycles. The zero-order chi connectivity index (χ0) is 18.4. The molecule has 0 unspecified atom stereocenters. The second-order valence-corrected chi connectivity index (χ2v) is 9.74. The van der Waals surface area contributed by atoms with E-state index >= 15 is 0 Å². The Hall–Kier alpha value is -1.56. The van der Waals surface area contributed by atoms with Crippen molar-refractivity contribution in [1.82, 2.24) is 9.62 Å². The Balaban J connectivity index is 1.84. The van der Waals surface area contributed by atoms with Crippen molar-refractivity contribution in [1.29, 1.82) is 0 Å². The van der Waals surface area contributed by atoms with Crippen LogP contribution in [0.2, 0.25) is 0 Å². The third kappa shape index (κ3) is 3.68. The van der Waals surface area contributed by atoms with Crippen LogP contribution in [0.3, 0.4) is 0 Å². The van der Waals surface area contributed by atoms with E-state index in [9.17, 15) is 18.0 Å². The minimum Gasteiger partial charge on any atom is -0.337 e. The molecule has 2 aliphatic heterocycles. The van der Waals surface area contributed by atoms with E-state index in [0.29, 0.717) is 4.91 Å². The molecule has 0 aliphatic carbocycles. The van der Waals surface area contributed by atoms with Crippen LogP contribution in [0.1, 0.15) is 0 Å². The number of thiocarbonyl (C=S) groups is 1.